The van der Waals surface area contributed by atoms with Gasteiger partial charge in [-0.25, -0.2) is 19.6 Å². The lowest BCUT2D eigenvalue weighted by Crippen LogP contribution is -2.56. The largest absolute Gasteiger partial charge is 0.368 e. The van der Waals surface area contributed by atoms with Crippen LogP contribution in [0.1, 0.15) is 58.6 Å². The summed E-state index contributed by atoms with van der Waals surface area (Å²) in [5.41, 5.74) is 4.54. The average molecular weight is 488 g/mol. The first-order chi connectivity index (χ1) is 17.3. The molecule has 11 heteroatoms. The van der Waals surface area contributed by atoms with E-state index >= 15 is 0 Å². The summed E-state index contributed by atoms with van der Waals surface area (Å²) < 4.78 is 7.36. The van der Waals surface area contributed by atoms with Gasteiger partial charge in [0, 0.05) is 36.3 Å². The first-order valence-electron chi connectivity index (χ1n) is 11.8. The summed E-state index contributed by atoms with van der Waals surface area (Å²) in [6.07, 6.45) is 8.57. The molecular weight excluding hydrogens is 458 g/mol. The van der Waals surface area contributed by atoms with Gasteiger partial charge in [-0.05, 0) is 51.3 Å². The predicted octanol–water partition coefficient (Wildman–Crippen LogP) is 2.27. The minimum Gasteiger partial charge on any atom is -0.368 e. The maximum Gasteiger partial charge on any atom is 0.252 e. The number of rotatable bonds is 8. The van der Waals surface area contributed by atoms with E-state index in [2.05, 4.69) is 35.6 Å². The van der Waals surface area contributed by atoms with Gasteiger partial charge in [-0.15, -0.1) is 0 Å². The molecule has 1 aliphatic carbocycles. The first-order valence-corrected chi connectivity index (χ1v) is 11.8. The fraction of sp³-hybridized carbons (Fsp3) is 0.400. The molecule has 0 atom stereocenters. The van der Waals surface area contributed by atoms with E-state index in [1.54, 1.807) is 30.4 Å². The highest BCUT2D eigenvalue weighted by molar-refractivity contribution is 5.86. The number of hydrogen-bond acceptors (Lipinski definition) is 8. The van der Waals surface area contributed by atoms with Crippen LogP contribution in [0.3, 0.4) is 0 Å². The number of aromatic amines is 1. The molecule has 0 radical (unpaired) electrons. The van der Waals surface area contributed by atoms with Gasteiger partial charge in [-0.1, -0.05) is 0 Å². The summed E-state index contributed by atoms with van der Waals surface area (Å²) in [6.45, 7) is 6.15. The number of ether oxygens (including phenoxy) is 1. The van der Waals surface area contributed by atoms with Gasteiger partial charge in [0.2, 0.25) is 0 Å². The van der Waals surface area contributed by atoms with Crippen LogP contribution in [-0.4, -0.2) is 58.5 Å². The average Bonchev–Trinajstić information content (AvgIpc) is 3.45. The zero-order chi connectivity index (χ0) is 25.3. The molecule has 186 valence electrons. The van der Waals surface area contributed by atoms with Crippen molar-refractivity contribution in [2.45, 2.75) is 58.1 Å². The molecule has 1 amide bonds. The third-order valence-corrected chi connectivity index (χ3v) is 6.46. The zero-order valence-corrected chi connectivity index (χ0v) is 20.8. The summed E-state index contributed by atoms with van der Waals surface area (Å²) in [4.78, 5) is 31.2. The van der Waals surface area contributed by atoms with Gasteiger partial charge in [0.05, 0.1) is 42.9 Å². The number of nitrogens with zero attached hydrogens (tertiary/aromatic N) is 7. The highest BCUT2D eigenvalue weighted by atomic mass is 16.5. The number of methoxy groups -OCH3 is 1. The molecule has 0 aromatic carbocycles. The van der Waals surface area contributed by atoms with Gasteiger partial charge in [0.15, 0.2) is 5.82 Å². The Bertz CT molecular complexity index is 1370. The molecule has 4 aromatic heterocycles. The van der Waals surface area contributed by atoms with Crippen molar-refractivity contribution in [3.63, 3.8) is 0 Å². The number of nitrogens with one attached hydrogen (secondary N) is 2. The molecule has 2 N–H and O–H groups in total. The number of carbonyl (C=O) groups excluding carboxylic acids is 1. The van der Waals surface area contributed by atoms with Gasteiger partial charge >= 0.3 is 0 Å². The summed E-state index contributed by atoms with van der Waals surface area (Å²) in [5, 5.41) is 14.4. The van der Waals surface area contributed by atoms with Crippen molar-refractivity contribution in [2.24, 2.45) is 0 Å². The second kappa shape index (κ2) is 9.57. The van der Waals surface area contributed by atoms with E-state index in [1.807, 2.05) is 39.1 Å². The van der Waals surface area contributed by atoms with Crippen LogP contribution in [0.2, 0.25) is 0 Å². The Morgan fingerprint density at radius 3 is 2.61 bits per heavy atom. The van der Waals surface area contributed by atoms with Gasteiger partial charge < -0.3 is 10.1 Å². The van der Waals surface area contributed by atoms with E-state index in [1.165, 1.54) is 0 Å². The molecule has 0 aliphatic heterocycles. The van der Waals surface area contributed by atoms with Crippen LogP contribution in [0.4, 0.5) is 0 Å². The van der Waals surface area contributed by atoms with Crippen LogP contribution >= 0.6 is 0 Å². The second-order valence-corrected chi connectivity index (χ2v) is 9.38. The number of H-pyrrole nitrogens is 1. The highest BCUT2D eigenvalue weighted by Gasteiger charge is 2.51. The number of aromatic nitrogens is 8. The molecule has 11 nitrogen and oxygen atoms in total. The lowest BCUT2D eigenvalue weighted by molar-refractivity contribution is -0.157. The fourth-order valence-corrected chi connectivity index (χ4v) is 4.49. The molecule has 0 bridgehead atoms. The van der Waals surface area contributed by atoms with Crippen molar-refractivity contribution in [1.29, 1.82) is 0 Å². The number of carbonyl (C=O) groups is 1. The van der Waals surface area contributed by atoms with Crippen molar-refractivity contribution >= 4 is 5.91 Å². The minimum absolute atomic E-state index is 0.119. The molecule has 1 saturated carbocycles. The second-order valence-electron chi connectivity index (χ2n) is 9.38. The fourth-order valence-electron chi connectivity index (χ4n) is 4.49. The van der Waals surface area contributed by atoms with Crippen LogP contribution in [-0.2, 0) is 22.5 Å². The first kappa shape index (κ1) is 23.7. The van der Waals surface area contributed by atoms with E-state index in [0.29, 0.717) is 30.8 Å². The van der Waals surface area contributed by atoms with Crippen molar-refractivity contribution in [2.75, 3.05) is 7.11 Å². The SMILES string of the molecule is COC1(C(=O)NCc2cnc(-n3cc(C)cn3)cn2)CC(c2cc(C)nc(Cc3cc(C)[nH]n3)n2)C1. The van der Waals surface area contributed by atoms with E-state index in [9.17, 15) is 4.79 Å². The maximum atomic E-state index is 13.1. The Balaban J connectivity index is 1.20. The Kier molecular flexibility index (Phi) is 6.31. The molecular formula is C25H29N9O2. The summed E-state index contributed by atoms with van der Waals surface area (Å²) in [7, 11) is 1.58. The van der Waals surface area contributed by atoms with Gasteiger partial charge in [-0.3, -0.25) is 14.9 Å². The van der Waals surface area contributed by atoms with Crippen molar-refractivity contribution < 1.29 is 9.53 Å². The van der Waals surface area contributed by atoms with Gasteiger partial charge in [-0.2, -0.15) is 10.2 Å². The molecule has 36 heavy (non-hydrogen) atoms. The third-order valence-electron chi connectivity index (χ3n) is 6.46. The van der Waals surface area contributed by atoms with Gasteiger partial charge in [0.1, 0.15) is 11.4 Å². The van der Waals surface area contributed by atoms with E-state index in [0.717, 1.165) is 34.2 Å². The molecule has 1 aliphatic rings. The van der Waals surface area contributed by atoms with E-state index in [4.69, 9.17) is 9.72 Å². The molecule has 4 aromatic rings. The van der Waals surface area contributed by atoms with Crippen LogP contribution in [0, 0.1) is 20.8 Å². The summed E-state index contributed by atoms with van der Waals surface area (Å²) in [6, 6.07) is 3.98. The van der Waals surface area contributed by atoms with Crippen molar-refractivity contribution in [3.05, 3.63) is 76.8 Å². The highest BCUT2D eigenvalue weighted by Crippen LogP contribution is 2.46. The molecule has 1 fully saturated rings. The Morgan fingerprint density at radius 1 is 1.14 bits per heavy atom. The topological polar surface area (TPSA) is 136 Å². The number of hydrogen-bond donors (Lipinski definition) is 2. The number of amides is 1. The quantitative estimate of drug-likeness (QED) is 0.386. The normalized spacial score (nSPS) is 19.2. The molecule has 4 heterocycles. The lowest BCUT2D eigenvalue weighted by Gasteiger charge is -2.44. The Morgan fingerprint density at radius 2 is 1.97 bits per heavy atom. The smallest absolute Gasteiger partial charge is 0.252 e. The standard InChI is InChI=1S/C25H29N9O2/c1-15-10-29-34(14-15)23-13-26-20(11-27-23)12-28-24(35)25(36-4)8-18(9-25)21-6-16(2)30-22(31-21)7-19-5-17(3)32-33-19/h5-6,10-11,13-14,18H,7-9,12H2,1-4H3,(H,28,35)(H,32,33). The van der Waals surface area contributed by atoms with Crippen molar-refractivity contribution in [1.82, 2.24) is 45.2 Å². The Hall–Kier alpha value is -3.99. The molecule has 5 rings (SSSR count). The Labute approximate surface area is 208 Å². The van der Waals surface area contributed by atoms with Crippen LogP contribution < -0.4 is 5.32 Å². The molecule has 0 unspecified atom stereocenters. The van der Waals surface area contributed by atoms with Crippen LogP contribution in [0.25, 0.3) is 5.82 Å². The summed E-state index contributed by atoms with van der Waals surface area (Å²) >= 11 is 0. The zero-order valence-electron chi connectivity index (χ0n) is 20.8. The maximum absolute atomic E-state index is 13.1. The van der Waals surface area contributed by atoms with E-state index < -0.39 is 5.60 Å². The molecule has 0 spiro atoms. The summed E-state index contributed by atoms with van der Waals surface area (Å²) in [5.74, 6) is 1.31. The van der Waals surface area contributed by atoms with Crippen LogP contribution in [0.15, 0.2) is 36.9 Å². The third kappa shape index (κ3) is 4.87. The monoisotopic (exact) mass is 487 g/mol. The van der Waals surface area contributed by atoms with Crippen molar-refractivity contribution in [3.8, 4) is 5.82 Å². The van der Waals surface area contributed by atoms with Gasteiger partial charge in [0.25, 0.3) is 5.91 Å². The minimum atomic E-state index is -0.886. The molecule has 0 saturated heterocycles. The lowest BCUT2D eigenvalue weighted by atomic mass is 9.68. The van der Waals surface area contributed by atoms with Crippen LogP contribution in [0.5, 0.6) is 0 Å². The van der Waals surface area contributed by atoms with E-state index in [-0.39, 0.29) is 18.4 Å². The predicted molar refractivity (Wildman–Crippen MR) is 130 cm³/mol. The number of aryl methyl sites for hydroxylation is 3.